The molecule has 19 heavy (non-hydrogen) atoms. The zero-order valence-electron chi connectivity index (χ0n) is 10.1. The lowest BCUT2D eigenvalue weighted by atomic mass is 10.2. The van der Waals surface area contributed by atoms with Gasteiger partial charge in [0.2, 0.25) is 0 Å². The Kier molecular flexibility index (Phi) is 4.39. The molecular formula is C12H11BrN2O3S. The highest BCUT2D eigenvalue weighted by Gasteiger charge is 2.20. The summed E-state index contributed by atoms with van der Waals surface area (Å²) in [6.07, 6.45) is 0. The van der Waals surface area contributed by atoms with E-state index >= 15 is 0 Å². The minimum absolute atomic E-state index is 0.0438. The minimum Gasteiger partial charge on any atom is -0.490 e. The van der Waals surface area contributed by atoms with Crippen LogP contribution in [0.4, 0.5) is 11.4 Å². The molecule has 0 radical (unpaired) electrons. The summed E-state index contributed by atoms with van der Waals surface area (Å²) in [4.78, 5) is 11.7. The Morgan fingerprint density at radius 2 is 2.26 bits per heavy atom. The number of hydrogen-bond donors (Lipinski definition) is 1. The summed E-state index contributed by atoms with van der Waals surface area (Å²) < 4.78 is 6.02. The first-order valence-electron chi connectivity index (χ1n) is 5.40. The molecule has 5 nitrogen and oxygen atoms in total. The maximum atomic E-state index is 11.1. The first-order valence-corrected chi connectivity index (χ1v) is 7.08. The van der Waals surface area contributed by atoms with Gasteiger partial charge < -0.3 is 10.1 Å². The smallest absolute Gasteiger partial charge is 0.333 e. The van der Waals surface area contributed by atoms with Gasteiger partial charge in [-0.1, -0.05) is 6.07 Å². The third kappa shape index (κ3) is 3.05. The van der Waals surface area contributed by atoms with Gasteiger partial charge in [-0.3, -0.25) is 10.1 Å². The molecule has 1 heterocycles. The van der Waals surface area contributed by atoms with Crippen molar-refractivity contribution in [3.63, 3.8) is 0 Å². The van der Waals surface area contributed by atoms with Gasteiger partial charge in [0, 0.05) is 9.35 Å². The summed E-state index contributed by atoms with van der Waals surface area (Å²) in [5.74, 6) is 0.250. The van der Waals surface area contributed by atoms with Gasteiger partial charge >= 0.3 is 5.69 Å². The van der Waals surface area contributed by atoms with Crippen molar-refractivity contribution in [3.05, 3.63) is 49.1 Å². The van der Waals surface area contributed by atoms with Crippen LogP contribution >= 0.6 is 27.3 Å². The van der Waals surface area contributed by atoms with Gasteiger partial charge in [0.25, 0.3) is 0 Å². The molecule has 0 spiro atoms. The van der Waals surface area contributed by atoms with Gasteiger partial charge in [0.05, 0.1) is 18.6 Å². The molecule has 0 aliphatic rings. The van der Waals surface area contributed by atoms with Gasteiger partial charge in [-0.05, 0) is 39.5 Å². The van der Waals surface area contributed by atoms with E-state index in [0.29, 0.717) is 12.2 Å². The number of hydrogen-bond acceptors (Lipinski definition) is 5. The number of nitrogens with zero attached hydrogens (tertiary/aromatic N) is 1. The van der Waals surface area contributed by atoms with Crippen molar-refractivity contribution in [1.29, 1.82) is 0 Å². The van der Waals surface area contributed by atoms with Crippen molar-refractivity contribution < 1.29 is 9.66 Å². The van der Waals surface area contributed by atoms with Crippen LogP contribution in [0.1, 0.15) is 4.88 Å². The summed E-state index contributed by atoms with van der Waals surface area (Å²) in [6, 6.07) is 6.91. The number of halogens is 1. The average molecular weight is 343 g/mol. The van der Waals surface area contributed by atoms with Crippen LogP contribution in [0.25, 0.3) is 0 Å². The van der Waals surface area contributed by atoms with Crippen LogP contribution in [0.5, 0.6) is 5.75 Å². The van der Waals surface area contributed by atoms with Crippen LogP contribution in [0, 0.1) is 10.1 Å². The monoisotopic (exact) mass is 342 g/mol. The lowest BCUT2D eigenvalue weighted by Crippen LogP contribution is -2.03. The second-order valence-corrected chi connectivity index (χ2v) is 5.51. The van der Waals surface area contributed by atoms with E-state index in [0.717, 1.165) is 9.35 Å². The predicted octanol–water partition coefficient (Wildman–Crippen LogP) is 4.04. The van der Waals surface area contributed by atoms with Crippen LogP contribution in [-0.4, -0.2) is 12.0 Å². The Labute approximate surface area is 122 Å². The van der Waals surface area contributed by atoms with Crippen molar-refractivity contribution in [2.24, 2.45) is 0 Å². The van der Waals surface area contributed by atoms with Crippen LogP contribution in [0.2, 0.25) is 0 Å². The Bertz CT molecular complexity index is 600. The Hall–Kier alpha value is -1.60. The molecule has 0 unspecified atom stereocenters. The molecule has 1 aromatic heterocycles. The Morgan fingerprint density at radius 1 is 1.47 bits per heavy atom. The molecule has 0 bridgehead atoms. The molecule has 0 saturated carbocycles. The summed E-state index contributed by atoms with van der Waals surface area (Å²) in [7, 11) is 1.42. The lowest BCUT2D eigenvalue weighted by molar-refractivity contribution is -0.384. The highest BCUT2D eigenvalue weighted by molar-refractivity contribution is 9.10. The van der Waals surface area contributed by atoms with E-state index in [4.69, 9.17) is 4.74 Å². The Morgan fingerprint density at radius 3 is 2.84 bits per heavy atom. The zero-order valence-corrected chi connectivity index (χ0v) is 12.5. The summed E-state index contributed by atoms with van der Waals surface area (Å²) in [5.41, 5.74) is 0.405. The van der Waals surface area contributed by atoms with Gasteiger partial charge in [-0.2, -0.15) is 0 Å². The number of rotatable bonds is 5. The minimum atomic E-state index is -0.440. The van der Waals surface area contributed by atoms with Gasteiger partial charge in [-0.25, -0.2) is 0 Å². The van der Waals surface area contributed by atoms with Crippen molar-refractivity contribution in [2.75, 3.05) is 12.4 Å². The fraction of sp³-hybridized carbons (Fsp3) is 0.167. The molecule has 0 amide bonds. The zero-order chi connectivity index (χ0) is 13.8. The van der Waals surface area contributed by atoms with Crippen molar-refractivity contribution in [1.82, 2.24) is 0 Å². The first-order chi connectivity index (χ1) is 9.13. The van der Waals surface area contributed by atoms with Crippen LogP contribution in [0.15, 0.2) is 34.1 Å². The average Bonchev–Trinajstić information content (AvgIpc) is 2.81. The van der Waals surface area contributed by atoms with Crippen molar-refractivity contribution >= 4 is 38.6 Å². The fourth-order valence-electron chi connectivity index (χ4n) is 1.64. The lowest BCUT2D eigenvalue weighted by Gasteiger charge is -2.09. The largest absolute Gasteiger partial charge is 0.490 e. The molecule has 1 aromatic carbocycles. The fourth-order valence-corrected chi connectivity index (χ4v) is 3.08. The number of ether oxygens (including phenoxy) is 1. The molecule has 0 saturated heterocycles. The van der Waals surface area contributed by atoms with Gasteiger partial charge in [-0.15, -0.1) is 11.3 Å². The Balaban J connectivity index is 2.25. The summed E-state index contributed by atoms with van der Waals surface area (Å²) in [6.45, 7) is 0.520. The maximum Gasteiger partial charge on any atom is 0.333 e. The molecule has 0 atom stereocenters. The molecular weight excluding hydrogens is 332 g/mol. The second kappa shape index (κ2) is 6.03. The van der Waals surface area contributed by atoms with E-state index in [1.54, 1.807) is 29.5 Å². The third-order valence-corrected chi connectivity index (χ3v) is 4.46. The number of para-hydroxylation sites is 1. The highest BCUT2D eigenvalue weighted by atomic mass is 79.9. The molecule has 2 rings (SSSR count). The second-order valence-electron chi connectivity index (χ2n) is 3.66. The quantitative estimate of drug-likeness (QED) is 0.657. The van der Waals surface area contributed by atoms with Gasteiger partial charge in [0.1, 0.15) is 5.69 Å². The van der Waals surface area contributed by atoms with Crippen molar-refractivity contribution in [2.45, 2.75) is 6.54 Å². The molecule has 0 aliphatic heterocycles. The number of thiophene rings is 1. The molecule has 0 aliphatic carbocycles. The van der Waals surface area contributed by atoms with E-state index in [1.165, 1.54) is 7.11 Å². The topological polar surface area (TPSA) is 64.4 Å². The molecule has 2 aromatic rings. The standard InChI is InChI=1S/C12H11BrN2O3S/c1-18-10-4-2-3-9(12(10)15(16)17)14-7-11-8(13)5-6-19-11/h2-6,14H,7H2,1H3. The summed E-state index contributed by atoms with van der Waals surface area (Å²) >= 11 is 5.01. The summed E-state index contributed by atoms with van der Waals surface area (Å²) in [5, 5.41) is 16.1. The van der Waals surface area contributed by atoms with Crippen molar-refractivity contribution in [3.8, 4) is 5.75 Å². The first kappa shape index (κ1) is 13.8. The van der Waals surface area contributed by atoms with Gasteiger partial charge in [0.15, 0.2) is 5.75 Å². The molecule has 100 valence electrons. The number of nitro groups is 1. The van der Waals surface area contributed by atoms with E-state index < -0.39 is 4.92 Å². The third-order valence-electron chi connectivity index (χ3n) is 2.53. The van der Waals surface area contributed by atoms with Crippen LogP contribution < -0.4 is 10.1 Å². The number of methoxy groups -OCH3 is 1. The predicted molar refractivity (Wildman–Crippen MR) is 79.0 cm³/mol. The van der Waals surface area contributed by atoms with Crippen LogP contribution in [0.3, 0.4) is 0 Å². The molecule has 7 heteroatoms. The molecule has 1 N–H and O–H groups in total. The van der Waals surface area contributed by atoms with Crippen LogP contribution in [-0.2, 0) is 6.54 Å². The van der Waals surface area contributed by atoms with E-state index in [2.05, 4.69) is 21.2 Å². The van der Waals surface area contributed by atoms with E-state index in [9.17, 15) is 10.1 Å². The SMILES string of the molecule is COc1cccc(NCc2sccc2Br)c1[N+](=O)[O-]. The number of nitrogens with one attached hydrogen (secondary N) is 1. The maximum absolute atomic E-state index is 11.1. The highest BCUT2D eigenvalue weighted by Crippen LogP contribution is 2.35. The number of anilines is 1. The van der Waals surface area contributed by atoms with E-state index in [-0.39, 0.29) is 11.4 Å². The number of benzene rings is 1. The molecule has 0 fully saturated rings. The number of nitro benzene ring substituents is 1. The van der Waals surface area contributed by atoms with E-state index in [1.807, 2.05) is 11.4 Å². The normalized spacial score (nSPS) is 10.2.